The van der Waals surface area contributed by atoms with Gasteiger partial charge in [0.2, 0.25) is 0 Å². The summed E-state index contributed by atoms with van der Waals surface area (Å²) in [5.41, 5.74) is 1.07. The Morgan fingerprint density at radius 1 is 1.53 bits per heavy atom. The molecule has 1 aliphatic heterocycles. The van der Waals surface area contributed by atoms with Gasteiger partial charge in [-0.25, -0.2) is 0 Å². The molecule has 2 nitrogen and oxygen atoms in total. The van der Waals surface area contributed by atoms with Gasteiger partial charge in [0, 0.05) is 17.4 Å². The zero-order valence-electron chi connectivity index (χ0n) is 11.3. The maximum Gasteiger partial charge on any atom is 0.162 e. The SMILES string of the molecule is C=CC(=O)C(CC1CCCO1)c1ccc(SC)cc1. The number of carbonyl (C=O) groups is 1. The number of ketones is 1. The van der Waals surface area contributed by atoms with E-state index in [0.29, 0.717) is 0 Å². The Labute approximate surface area is 119 Å². The van der Waals surface area contributed by atoms with Crippen molar-refractivity contribution < 1.29 is 9.53 Å². The monoisotopic (exact) mass is 276 g/mol. The van der Waals surface area contributed by atoms with E-state index >= 15 is 0 Å². The lowest BCUT2D eigenvalue weighted by atomic mass is 9.88. The minimum Gasteiger partial charge on any atom is -0.378 e. The minimum atomic E-state index is -0.114. The predicted molar refractivity (Wildman–Crippen MR) is 79.8 cm³/mol. The van der Waals surface area contributed by atoms with Crippen LogP contribution in [0, 0.1) is 0 Å². The van der Waals surface area contributed by atoms with Gasteiger partial charge in [-0.15, -0.1) is 11.8 Å². The summed E-state index contributed by atoms with van der Waals surface area (Å²) < 4.78 is 5.65. The van der Waals surface area contributed by atoms with Crippen molar-refractivity contribution in [2.45, 2.75) is 36.2 Å². The van der Waals surface area contributed by atoms with E-state index in [1.807, 2.05) is 18.4 Å². The maximum absolute atomic E-state index is 12.1. The van der Waals surface area contributed by atoms with Gasteiger partial charge >= 0.3 is 0 Å². The molecule has 0 saturated carbocycles. The summed E-state index contributed by atoms with van der Waals surface area (Å²) in [7, 11) is 0. The van der Waals surface area contributed by atoms with Gasteiger partial charge in [-0.3, -0.25) is 4.79 Å². The zero-order chi connectivity index (χ0) is 13.7. The normalized spacial score (nSPS) is 20.2. The van der Waals surface area contributed by atoms with E-state index in [0.717, 1.165) is 31.4 Å². The molecule has 0 radical (unpaired) electrons. The molecule has 0 amide bonds. The third kappa shape index (κ3) is 3.71. The third-order valence-electron chi connectivity index (χ3n) is 3.59. The van der Waals surface area contributed by atoms with Crippen molar-refractivity contribution in [3.05, 3.63) is 42.5 Å². The molecule has 102 valence electrons. The average Bonchev–Trinajstić information content (AvgIpc) is 2.97. The van der Waals surface area contributed by atoms with Gasteiger partial charge in [-0.1, -0.05) is 18.7 Å². The van der Waals surface area contributed by atoms with E-state index in [4.69, 9.17) is 4.74 Å². The lowest BCUT2D eigenvalue weighted by Crippen LogP contribution is -2.17. The van der Waals surface area contributed by atoms with E-state index in [2.05, 4.69) is 18.7 Å². The first-order valence-corrected chi connectivity index (χ1v) is 7.89. The zero-order valence-corrected chi connectivity index (χ0v) is 12.1. The van der Waals surface area contributed by atoms with Crippen molar-refractivity contribution in [1.29, 1.82) is 0 Å². The van der Waals surface area contributed by atoms with Gasteiger partial charge in [-0.2, -0.15) is 0 Å². The van der Waals surface area contributed by atoms with Crippen LogP contribution < -0.4 is 0 Å². The molecule has 0 N–H and O–H groups in total. The molecule has 0 spiro atoms. The lowest BCUT2D eigenvalue weighted by molar-refractivity contribution is -0.116. The molecule has 2 rings (SSSR count). The highest BCUT2D eigenvalue weighted by Crippen LogP contribution is 2.29. The van der Waals surface area contributed by atoms with Gasteiger partial charge in [-0.05, 0) is 49.3 Å². The third-order valence-corrected chi connectivity index (χ3v) is 4.33. The van der Waals surface area contributed by atoms with E-state index in [-0.39, 0.29) is 17.8 Å². The first-order valence-electron chi connectivity index (χ1n) is 6.66. The Bertz CT molecular complexity index is 433. The maximum atomic E-state index is 12.1. The highest BCUT2D eigenvalue weighted by atomic mass is 32.2. The molecular formula is C16H20O2S. The van der Waals surface area contributed by atoms with Crippen LogP contribution in [0.4, 0.5) is 0 Å². The van der Waals surface area contributed by atoms with Crippen LogP contribution in [0.1, 0.15) is 30.7 Å². The standard InChI is InChI=1S/C16H20O2S/c1-3-16(17)15(11-13-5-4-10-18-13)12-6-8-14(19-2)9-7-12/h3,6-9,13,15H,1,4-5,10-11H2,2H3. The summed E-state index contributed by atoms with van der Waals surface area (Å²) in [6.07, 6.45) is 6.63. The molecule has 0 bridgehead atoms. The van der Waals surface area contributed by atoms with Crippen LogP contribution in [0.2, 0.25) is 0 Å². The fraction of sp³-hybridized carbons (Fsp3) is 0.438. The van der Waals surface area contributed by atoms with Gasteiger partial charge in [0.05, 0.1) is 6.10 Å². The molecular weight excluding hydrogens is 256 g/mol. The fourth-order valence-corrected chi connectivity index (χ4v) is 2.90. The molecule has 0 aromatic heterocycles. The molecule has 1 aliphatic rings. The van der Waals surface area contributed by atoms with E-state index in [9.17, 15) is 4.79 Å². The van der Waals surface area contributed by atoms with Crippen molar-refractivity contribution >= 4 is 17.5 Å². The van der Waals surface area contributed by atoms with Gasteiger partial charge in [0.15, 0.2) is 5.78 Å². The lowest BCUT2D eigenvalue weighted by Gasteiger charge is -2.18. The number of rotatable bonds is 6. The molecule has 2 atom stereocenters. The largest absolute Gasteiger partial charge is 0.378 e. The van der Waals surface area contributed by atoms with Crippen LogP contribution in [0.15, 0.2) is 41.8 Å². The molecule has 1 heterocycles. The first-order chi connectivity index (χ1) is 9.24. The molecule has 1 fully saturated rings. The van der Waals surface area contributed by atoms with Crippen LogP contribution >= 0.6 is 11.8 Å². The molecule has 0 aliphatic carbocycles. The summed E-state index contributed by atoms with van der Waals surface area (Å²) >= 11 is 1.71. The van der Waals surface area contributed by atoms with Gasteiger partial charge in [0.1, 0.15) is 0 Å². The topological polar surface area (TPSA) is 26.3 Å². The van der Waals surface area contributed by atoms with Crippen molar-refractivity contribution in [2.75, 3.05) is 12.9 Å². The number of benzene rings is 1. The summed E-state index contributed by atoms with van der Waals surface area (Å²) in [4.78, 5) is 13.3. The molecule has 3 heteroatoms. The summed E-state index contributed by atoms with van der Waals surface area (Å²) in [6.45, 7) is 4.45. The Morgan fingerprint density at radius 2 is 2.26 bits per heavy atom. The molecule has 2 unspecified atom stereocenters. The first kappa shape index (κ1) is 14.4. The van der Waals surface area contributed by atoms with Crippen molar-refractivity contribution in [1.82, 2.24) is 0 Å². The number of hydrogen-bond acceptors (Lipinski definition) is 3. The molecule has 1 aromatic carbocycles. The number of ether oxygens (including phenoxy) is 1. The Hall–Kier alpha value is -1.06. The van der Waals surface area contributed by atoms with Crippen LogP contribution in [-0.4, -0.2) is 24.7 Å². The second kappa shape index (κ2) is 6.92. The average molecular weight is 276 g/mol. The second-order valence-electron chi connectivity index (χ2n) is 4.80. The number of allylic oxidation sites excluding steroid dienone is 1. The number of hydrogen-bond donors (Lipinski definition) is 0. The smallest absolute Gasteiger partial charge is 0.162 e. The second-order valence-corrected chi connectivity index (χ2v) is 5.68. The van der Waals surface area contributed by atoms with Crippen molar-refractivity contribution in [3.8, 4) is 0 Å². The Morgan fingerprint density at radius 3 is 2.79 bits per heavy atom. The highest BCUT2D eigenvalue weighted by Gasteiger charge is 2.25. The molecule has 1 saturated heterocycles. The Kier molecular flexibility index (Phi) is 5.23. The molecule has 19 heavy (non-hydrogen) atoms. The van der Waals surface area contributed by atoms with Crippen molar-refractivity contribution in [3.63, 3.8) is 0 Å². The minimum absolute atomic E-state index is 0.0902. The van der Waals surface area contributed by atoms with E-state index in [1.165, 1.54) is 11.0 Å². The molecule has 1 aromatic rings. The van der Waals surface area contributed by atoms with Gasteiger partial charge in [0.25, 0.3) is 0 Å². The van der Waals surface area contributed by atoms with E-state index < -0.39 is 0 Å². The number of carbonyl (C=O) groups excluding carboxylic acids is 1. The van der Waals surface area contributed by atoms with Crippen LogP contribution in [0.5, 0.6) is 0 Å². The summed E-state index contributed by atoms with van der Waals surface area (Å²) in [5.74, 6) is -0.0242. The summed E-state index contributed by atoms with van der Waals surface area (Å²) in [6, 6.07) is 8.23. The van der Waals surface area contributed by atoms with Crippen LogP contribution in [-0.2, 0) is 9.53 Å². The van der Waals surface area contributed by atoms with Gasteiger partial charge < -0.3 is 4.74 Å². The predicted octanol–water partition coefficient (Wildman–Crippen LogP) is 3.82. The number of thioether (sulfide) groups is 1. The highest BCUT2D eigenvalue weighted by molar-refractivity contribution is 7.98. The quantitative estimate of drug-likeness (QED) is 0.583. The van der Waals surface area contributed by atoms with E-state index in [1.54, 1.807) is 11.8 Å². The van der Waals surface area contributed by atoms with Crippen LogP contribution in [0.25, 0.3) is 0 Å². The summed E-state index contributed by atoms with van der Waals surface area (Å²) in [5, 5.41) is 0. The van der Waals surface area contributed by atoms with Crippen LogP contribution in [0.3, 0.4) is 0 Å². The van der Waals surface area contributed by atoms with Crippen molar-refractivity contribution in [2.24, 2.45) is 0 Å². The fourth-order valence-electron chi connectivity index (χ4n) is 2.49. The Balaban J connectivity index is 2.15.